The van der Waals surface area contributed by atoms with Crippen molar-refractivity contribution in [1.82, 2.24) is 9.88 Å². The van der Waals surface area contributed by atoms with Gasteiger partial charge in [-0.05, 0) is 17.3 Å². The van der Waals surface area contributed by atoms with Crippen molar-refractivity contribution in [2.75, 3.05) is 28.8 Å². The van der Waals surface area contributed by atoms with Crippen LogP contribution in [0.3, 0.4) is 0 Å². The third-order valence-electron chi connectivity index (χ3n) is 3.66. The Morgan fingerprint density at radius 3 is 2.92 bits per heavy atom. The summed E-state index contributed by atoms with van der Waals surface area (Å²) in [6.07, 6.45) is 0. The van der Waals surface area contributed by atoms with Gasteiger partial charge in [0.05, 0.1) is 17.7 Å². The monoisotopic (exact) mass is 369 g/mol. The topological polar surface area (TPSA) is 181 Å². The second-order valence-electron chi connectivity index (χ2n) is 5.22. The number of nitrogen functional groups attached to an aromatic ring is 3. The van der Waals surface area contributed by atoms with Gasteiger partial charge in [0.15, 0.2) is 0 Å². The van der Waals surface area contributed by atoms with Gasteiger partial charge < -0.3 is 27.1 Å². The zero-order valence-electron chi connectivity index (χ0n) is 12.3. The van der Waals surface area contributed by atoms with Gasteiger partial charge in [-0.25, -0.2) is 0 Å². The lowest BCUT2D eigenvalue weighted by molar-refractivity contribution is -0.667. The predicted molar refractivity (Wildman–Crippen MR) is 87.2 cm³/mol. The van der Waals surface area contributed by atoms with Crippen LogP contribution in [0.4, 0.5) is 11.6 Å². The molecule has 1 saturated heterocycles. The molecule has 0 aliphatic carbocycles. The van der Waals surface area contributed by atoms with Crippen molar-refractivity contribution in [3.63, 3.8) is 0 Å². The van der Waals surface area contributed by atoms with Gasteiger partial charge in [0.2, 0.25) is 17.5 Å². The Morgan fingerprint density at radius 1 is 1.54 bits per heavy atom. The predicted octanol–water partition coefficient (Wildman–Crippen LogP) is -3.41. The van der Waals surface area contributed by atoms with Gasteiger partial charge in [-0.3, -0.25) is 15.5 Å². The fourth-order valence-corrected chi connectivity index (χ4v) is 4.84. The second kappa shape index (κ2) is 6.03. The number of carbonyl (C=O) groups is 2. The molecule has 2 aliphatic heterocycles. The Hall–Kier alpha value is -2.18. The van der Waals surface area contributed by atoms with Gasteiger partial charge >= 0.3 is 5.16 Å². The molecular formula is C12H15N7O3S2. The van der Waals surface area contributed by atoms with Crippen LogP contribution in [0.5, 0.6) is 0 Å². The summed E-state index contributed by atoms with van der Waals surface area (Å²) in [5.74, 6) is 5.04. The maximum atomic E-state index is 11.9. The number of nitrogens with zero attached hydrogens (tertiary/aromatic N) is 3. The molecule has 0 radical (unpaired) electrons. The van der Waals surface area contributed by atoms with Crippen LogP contribution in [0.25, 0.3) is 0 Å². The van der Waals surface area contributed by atoms with E-state index in [-0.39, 0.29) is 28.5 Å². The van der Waals surface area contributed by atoms with Crippen molar-refractivity contribution in [2.45, 2.75) is 16.6 Å². The molecule has 2 atom stereocenters. The zero-order valence-corrected chi connectivity index (χ0v) is 14.0. The average molecular weight is 369 g/mol. The van der Waals surface area contributed by atoms with Gasteiger partial charge in [0, 0.05) is 11.5 Å². The molecular weight excluding hydrogens is 354 g/mol. The summed E-state index contributed by atoms with van der Waals surface area (Å²) in [6, 6.07) is 0.733. The number of nitrogens with two attached hydrogens (primary N) is 4. The number of β-lactam (4-membered cyclic amide) rings is 1. The van der Waals surface area contributed by atoms with E-state index in [2.05, 4.69) is 4.98 Å². The highest BCUT2D eigenvalue weighted by molar-refractivity contribution is 8.01. The highest BCUT2D eigenvalue weighted by Crippen LogP contribution is 2.40. The zero-order chi connectivity index (χ0) is 17.6. The van der Waals surface area contributed by atoms with Crippen molar-refractivity contribution in [1.29, 1.82) is 0 Å². The first-order chi connectivity index (χ1) is 11.3. The van der Waals surface area contributed by atoms with Crippen LogP contribution >= 0.6 is 23.5 Å². The molecule has 128 valence electrons. The highest BCUT2D eigenvalue weighted by Gasteiger charge is 2.50. The molecule has 1 amide bonds. The summed E-state index contributed by atoms with van der Waals surface area (Å²) < 4.78 is 1.16. The van der Waals surface area contributed by atoms with Crippen LogP contribution in [-0.4, -0.2) is 44.7 Å². The molecule has 1 fully saturated rings. The normalized spacial score (nSPS) is 23.0. The molecule has 24 heavy (non-hydrogen) atoms. The third kappa shape index (κ3) is 2.61. The minimum Gasteiger partial charge on any atom is -0.543 e. The molecule has 1 aromatic rings. The molecule has 3 rings (SSSR count). The minimum atomic E-state index is -1.41. The number of fused-ring (bicyclic) bond motifs is 1. The summed E-state index contributed by atoms with van der Waals surface area (Å²) in [7, 11) is 0. The van der Waals surface area contributed by atoms with Crippen LogP contribution in [0.15, 0.2) is 22.5 Å². The van der Waals surface area contributed by atoms with Crippen LogP contribution in [0.1, 0.15) is 0 Å². The first-order valence-corrected chi connectivity index (χ1v) is 8.84. The lowest BCUT2D eigenvalue weighted by Gasteiger charge is -2.49. The van der Waals surface area contributed by atoms with E-state index in [1.165, 1.54) is 34.5 Å². The molecule has 12 heteroatoms. The number of thioether (sulfide) groups is 2. The fraction of sp³-hybridized carbons (Fsp3) is 0.333. The lowest BCUT2D eigenvalue weighted by atomic mass is 10.0. The number of hydrogen-bond acceptors (Lipinski definition) is 10. The van der Waals surface area contributed by atoms with Crippen LogP contribution in [0.2, 0.25) is 0 Å². The van der Waals surface area contributed by atoms with Gasteiger partial charge in [-0.1, -0.05) is 4.98 Å². The number of anilines is 2. The standard InChI is InChI=1S/C12H15N7O3S2/c13-5-1-6(14)19(16)12(17-5)24-3-4-2-23-10-7(15)9(20)18(10)8(4)11(21)22/h1,7,10H,2-3,15-16H2,(H4,13,14,21,22). The SMILES string of the molecule is Nc1cc(N)[n+](N)c(SCC2=C(C(=O)[O-])N3C(=O)C(N)C3SC2)n1. The van der Waals surface area contributed by atoms with Crippen LogP contribution in [0, 0.1) is 0 Å². The number of carboxylic acid groups (broad SMARTS) is 1. The van der Waals surface area contributed by atoms with E-state index in [9.17, 15) is 14.7 Å². The van der Waals surface area contributed by atoms with Crippen molar-refractivity contribution < 1.29 is 19.4 Å². The number of hydrogen-bond donors (Lipinski definition) is 4. The van der Waals surface area contributed by atoms with Gasteiger partial charge in [-0.15, -0.1) is 16.4 Å². The molecule has 0 aromatic carbocycles. The molecule has 2 aliphatic rings. The third-order valence-corrected chi connectivity index (χ3v) is 6.06. The molecule has 0 bridgehead atoms. The van der Waals surface area contributed by atoms with Crippen molar-refractivity contribution >= 4 is 47.0 Å². The van der Waals surface area contributed by atoms with Gasteiger partial charge in [-0.2, -0.15) is 0 Å². The summed E-state index contributed by atoms with van der Waals surface area (Å²) in [5.41, 5.74) is 17.4. The number of amides is 1. The minimum absolute atomic E-state index is 0.126. The molecule has 0 spiro atoms. The number of carboxylic acids is 1. The maximum absolute atomic E-state index is 11.9. The Balaban J connectivity index is 1.86. The Bertz CT molecular complexity index is 769. The van der Waals surface area contributed by atoms with Crippen LogP contribution < -0.4 is 32.8 Å². The summed E-state index contributed by atoms with van der Waals surface area (Å²) >= 11 is 2.58. The van der Waals surface area contributed by atoms with E-state index in [1.54, 1.807) is 0 Å². The summed E-state index contributed by atoms with van der Waals surface area (Å²) in [5, 5.41) is 11.5. The summed E-state index contributed by atoms with van der Waals surface area (Å²) in [6.45, 7) is 0. The van der Waals surface area contributed by atoms with Crippen LogP contribution in [-0.2, 0) is 9.59 Å². The number of carbonyl (C=O) groups excluding carboxylic acids is 2. The smallest absolute Gasteiger partial charge is 0.322 e. The number of aromatic nitrogens is 2. The molecule has 3 heterocycles. The molecule has 1 aromatic heterocycles. The first kappa shape index (κ1) is 16.7. The lowest BCUT2D eigenvalue weighted by Crippen LogP contribution is -2.69. The van der Waals surface area contributed by atoms with E-state index in [0.29, 0.717) is 16.5 Å². The molecule has 8 N–H and O–H groups in total. The fourth-order valence-electron chi connectivity index (χ4n) is 2.46. The first-order valence-electron chi connectivity index (χ1n) is 6.80. The quantitative estimate of drug-likeness (QED) is 0.137. The van der Waals surface area contributed by atoms with Crippen molar-refractivity contribution in [3.8, 4) is 0 Å². The molecule has 2 unspecified atom stereocenters. The number of rotatable bonds is 4. The Kier molecular flexibility index (Phi) is 4.19. The number of aliphatic carboxylic acids is 1. The van der Waals surface area contributed by atoms with E-state index < -0.39 is 17.9 Å². The Labute approximate surface area is 145 Å². The van der Waals surface area contributed by atoms with Crippen molar-refractivity contribution in [2.24, 2.45) is 5.73 Å². The Morgan fingerprint density at radius 2 is 2.25 bits per heavy atom. The maximum Gasteiger partial charge on any atom is 0.322 e. The van der Waals surface area contributed by atoms with E-state index in [1.807, 2.05) is 0 Å². The molecule has 0 saturated carbocycles. The van der Waals surface area contributed by atoms with E-state index in [0.717, 1.165) is 4.68 Å². The molecule has 10 nitrogen and oxygen atoms in total. The van der Waals surface area contributed by atoms with Gasteiger partial charge in [0.25, 0.3) is 0 Å². The van der Waals surface area contributed by atoms with Crippen molar-refractivity contribution in [3.05, 3.63) is 17.3 Å². The summed E-state index contributed by atoms with van der Waals surface area (Å²) in [4.78, 5) is 28.6. The highest BCUT2D eigenvalue weighted by atomic mass is 32.2. The average Bonchev–Trinajstić information content (AvgIpc) is 2.54. The largest absolute Gasteiger partial charge is 0.543 e. The van der Waals surface area contributed by atoms with E-state index in [4.69, 9.17) is 23.0 Å². The van der Waals surface area contributed by atoms with E-state index >= 15 is 0 Å². The van der Waals surface area contributed by atoms with Gasteiger partial charge in [0.1, 0.15) is 11.4 Å². The second-order valence-corrected chi connectivity index (χ2v) is 7.27.